The van der Waals surface area contributed by atoms with Gasteiger partial charge in [0, 0.05) is 5.71 Å². The van der Waals surface area contributed by atoms with Gasteiger partial charge in [0.05, 0.1) is 11.6 Å². The molecule has 27 heavy (non-hydrogen) atoms. The molecule has 0 atom stereocenters. The van der Waals surface area contributed by atoms with Crippen molar-refractivity contribution in [1.82, 2.24) is 5.43 Å². The van der Waals surface area contributed by atoms with Crippen LogP contribution in [0.3, 0.4) is 0 Å². The van der Waals surface area contributed by atoms with Gasteiger partial charge in [-0.1, -0.05) is 0 Å². The van der Waals surface area contributed by atoms with Crippen molar-refractivity contribution in [2.75, 3.05) is 6.61 Å². The summed E-state index contributed by atoms with van der Waals surface area (Å²) in [4.78, 5) is 12.0. The standard InChI is InChI=1S/C22H27N3O2/c1-15(9-22-10-17-6-18(11-22)8-19(7-17)12-22)24-25-21(26)14-27-20-4-2-16(13-23)3-5-20/h2-5,17-19H,6-12,14H2,1H3,(H,25,26)/b24-15-. The van der Waals surface area contributed by atoms with Gasteiger partial charge in [0.2, 0.25) is 0 Å². The third kappa shape index (κ3) is 4.16. The van der Waals surface area contributed by atoms with Crippen molar-refractivity contribution in [1.29, 1.82) is 5.26 Å². The van der Waals surface area contributed by atoms with E-state index in [2.05, 4.69) is 16.6 Å². The lowest BCUT2D eigenvalue weighted by atomic mass is 9.48. The summed E-state index contributed by atoms with van der Waals surface area (Å²) in [6.45, 7) is 1.94. The van der Waals surface area contributed by atoms with Gasteiger partial charge >= 0.3 is 0 Å². The van der Waals surface area contributed by atoms with Crippen molar-refractivity contribution >= 4 is 11.6 Å². The molecule has 4 aliphatic rings. The van der Waals surface area contributed by atoms with Crippen molar-refractivity contribution in [2.24, 2.45) is 28.3 Å². The molecule has 1 amide bonds. The second kappa shape index (κ2) is 7.34. The number of nitrogens with zero attached hydrogens (tertiary/aromatic N) is 2. The number of hydrogen-bond donors (Lipinski definition) is 1. The minimum Gasteiger partial charge on any atom is -0.484 e. The molecule has 1 aromatic carbocycles. The molecule has 1 N–H and O–H groups in total. The topological polar surface area (TPSA) is 74.5 Å². The van der Waals surface area contributed by atoms with E-state index in [0.717, 1.165) is 29.9 Å². The Morgan fingerprint density at radius 1 is 1.19 bits per heavy atom. The lowest BCUT2D eigenvalue weighted by molar-refractivity contribution is -0.123. The number of rotatable bonds is 6. The van der Waals surface area contributed by atoms with Crippen LogP contribution < -0.4 is 10.2 Å². The predicted octanol–water partition coefficient (Wildman–Crippen LogP) is 4.04. The van der Waals surface area contributed by atoms with Gasteiger partial charge in [-0.15, -0.1) is 0 Å². The fraction of sp³-hybridized carbons (Fsp3) is 0.591. The number of nitrogens with one attached hydrogen (secondary N) is 1. The number of nitriles is 1. The number of carbonyl (C=O) groups is 1. The maximum absolute atomic E-state index is 12.0. The highest BCUT2D eigenvalue weighted by Crippen LogP contribution is 2.61. The van der Waals surface area contributed by atoms with Crippen molar-refractivity contribution < 1.29 is 9.53 Å². The molecule has 5 rings (SSSR count). The van der Waals surface area contributed by atoms with Crippen molar-refractivity contribution in [2.45, 2.75) is 51.9 Å². The molecule has 0 aromatic heterocycles. The van der Waals surface area contributed by atoms with Gasteiger partial charge in [0.15, 0.2) is 6.61 Å². The second-order valence-electron chi connectivity index (χ2n) is 8.90. The van der Waals surface area contributed by atoms with Crippen LogP contribution in [0, 0.1) is 34.5 Å². The Balaban J connectivity index is 1.26. The van der Waals surface area contributed by atoms with Gasteiger partial charge in [-0.05, 0) is 99.3 Å². The van der Waals surface area contributed by atoms with Crippen LogP contribution in [0.5, 0.6) is 5.75 Å². The van der Waals surface area contributed by atoms with E-state index < -0.39 is 0 Å². The van der Waals surface area contributed by atoms with Crippen molar-refractivity contribution in [3.05, 3.63) is 29.8 Å². The van der Waals surface area contributed by atoms with E-state index in [1.165, 1.54) is 38.5 Å². The fourth-order valence-electron chi connectivity index (χ4n) is 6.05. The quantitative estimate of drug-likeness (QED) is 0.611. The highest BCUT2D eigenvalue weighted by atomic mass is 16.5. The van der Waals surface area contributed by atoms with Crippen LogP contribution in [0.1, 0.15) is 57.4 Å². The molecule has 0 spiro atoms. The average Bonchev–Trinajstić information content (AvgIpc) is 2.63. The minimum atomic E-state index is -0.260. The molecule has 1 aromatic rings. The summed E-state index contributed by atoms with van der Waals surface area (Å²) in [6, 6.07) is 8.76. The number of hydrogen-bond acceptors (Lipinski definition) is 4. The third-order valence-corrected chi connectivity index (χ3v) is 6.52. The van der Waals surface area contributed by atoms with E-state index >= 15 is 0 Å². The Labute approximate surface area is 160 Å². The smallest absolute Gasteiger partial charge is 0.277 e. The fourth-order valence-corrected chi connectivity index (χ4v) is 6.05. The zero-order chi connectivity index (χ0) is 18.9. The number of ether oxygens (including phenoxy) is 1. The highest BCUT2D eigenvalue weighted by molar-refractivity contribution is 5.85. The molecule has 4 bridgehead atoms. The van der Waals surface area contributed by atoms with Crippen LogP contribution in [0.2, 0.25) is 0 Å². The lowest BCUT2D eigenvalue weighted by Gasteiger charge is -2.57. The van der Waals surface area contributed by atoms with Crippen LogP contribution in [0.4, 0.5) is 0 Å². The predicted molar refractivity (Wildman–Crippen MR) is 103 cm³/mol. The van der Waals surface area contributed by atoms with Gasteiger partial charge in [-0.2, -0.15) is 10.4 Å². The number of amides is 1. The Kier molecular flexibility index (Phi) is 4.90. The molecule has 4 saturated carbocycles. The first-order valence-corrected chi connectivity index (χ1v) is 9.98. The summed E-state index contributed by atoms with van der Waals surface area (Å²) < 4.78 is 5.44. The Hall–Kier alpha value is -2.35. The van der Waals surface area contributed by atoms with E-state index in [9.17, 15) is 4.79 Å². The molecule has 4 fully saturated rings. The molecule has 4 aliphatic carbocycles. The normalized spacial score (nSPS) is 31.4. The Bertz CT molecular complexity index is 740. The Morgan fingerprint density at radius 2 is 1.78 bits per heavy atom. The molecule has 5 heteroatoms. The van der Waals surface area contributed by atoms with E-state index in [1.54, 1.807) is 24.3 Å². The molecule has 142 valence electrons. The zero-order valence-corrected chi connectivity index (χ0v) is 15.9. The summed E-state index contributed by atoms with van der Waals surface area (Å²) in [5.74, 6) is 3.10. The van der Waals surface area contributed by atoms with Gasteiger partial charge in [0.1, 0.15) is 5.75 Å². The van der Waals surface area contributed by atoms with Gasteiger partial charge in [-0.3, -0.25) is 4.79 Å². The highest BCUT2D eigenvalue weighted by Gasteiger charge is 2.50. The molecule has 0 saturated heterocycles. The van der Waals surface area contributed by atoms with Crippen LogP contribution in [-0.2, 0) is 4.79 Å². The van der Waals surface area contributed by atoms with Crippen molar-refractivity contribution in [3.63, 3.8) is 0 Å². The monoisotopic (exact) mass is 365 g/mol. The molecule has 0 unspecified atom stereocenters. The molecule has 5 nitrogen and oxygen atoms in total. The molecule has 0 aliphatic heterocycles. The van der Waals surface area contributed by atoms with Crippen LogP contribution in [-0.4, -0.2) is 18.2 Å². The summed E-state index contributed by atoms with van der Waals surface area (Å²) in [7, 11) is 0. The Morgan fingerprint density at radius 3 is 2.33 bits per heavy atom. The van der Waals surface area contributed by atoms with Crippen LogP contribution in [0.25, 0.3) is 0 Å². The third-order valence-electron chi connectivity index (χ3n) is 6.52. The zero-order valence-electron chi connectivity index (χ0n) is 15.9. The first-order chi connectivity index (χ1) is 13.0. The minimum absolute atomic E-state index is 0.0833. The molecule has 0 heterocycles. The number of benzene rings is 1. The van der Waals surface area contributed by atoms with Crippen molar-refractivity contribution in [3.8, 4) is 11.8 Å². The average molecular weight is 365 g/mol. The lowest BCUT2D eigenvalue weighted by Crippen LogP contribution is -2.46. The summed E-state index contributed by atoms with van der Waals surface area (Å²) in [5.41, 5.74) is 4.65. The van der Waals surface area contributed by atoms with E-state index in [4.69, 9.17) is 10.00 Å². The summed E-state index contributed by atoms with van der Waals surface area (Å²) in [5, 5.41) is 13.1. The first kappa shape index (κ1) is 18.0. The number of hydrazone groups is 1. The maximum Gasteiger partial charge on any atom is 0.277 e. The molecular formula is C22H27N3O2. The van der Waals surface area contributed by atoms with E-state index in [1.807, 2.05) is 6.92 Å². The first-order valence-electron chi connectivity index (χ1n) is 9.98. The van der Waals surface area contributed by atoms with Crippen LogP contribution >= 0.6 is 0 Å². The second-order valence-corrected chi connectivity index (χ2v) is 8.90. The summed E-state index contributed by atoms with van der Waals surface area (Å²) in [6.07, 6.45) is 9.38. The largest absolute Gasteiger partial charge is 0.484 e. The van der Waals surface area contributed by atoms with E-state index in [-0.39, 0.29) is 12.5 Å². The van der Waals surface area contributed by atoms with Gasteiger partial charge in [-0.25, -0.2) is 5.43 Å². The maximum atomic E-state index is 12.0. The van der Waals surface area contributed by atoms with Crippen LogP contribution in [0.15, 0.2) is 29.4 Å². The van der Waals surface area contributed by atoms with Gasteiger partial charge in [0.25, 0.3) is 5.91 Å². The number of carbonyl (C=O) groups excluding carboxylic acids is 1. The van der Waals surface area contributed by atoms with E-state index in [0.29, 0.717) is 16.7 Å². The van der Waals surface area contributed by atoms with Gasteiger partial charge < -0.3 is 4.74 Å². The molecular weight excluding hydrogens is 338 g/mol. The molecule has 0 radical (unpaired) electrons. The SMILES string of the molecule is C/C(CC12CC3CC(CC(C3)C1)C2)=N/NC(=O)COc1ccc(C#N)cc1. The summed E-state index contributed by atoms with van der Waals surface area (Å²) >= 11 is 0.